The van der Waals surface area contributed by atoms with Crippen molar-refractivity contribution in [3.8, 4) is 0 Å². The molecule has 90 valence electrons. The van der Waals surface area contributed by atoms with E-state index in [1.165, 1.54) is 0 Å². The van der Waals surface area contributed by atoms with Gasteiger partial charge in [-0.05, 0) is 42.5 Å². The number of hydrogen-bond acceptors (Lipinski definition) is 2. The molecular weight excluding hydrogens is 251 g/mol. The molecule has 0 aromatic heterocycles. The molecule has 0 aliphatic rings. The number of aryl methyl sites for hydroxylation is 1. The Kier molecular flexibility index (Phi) is 11.3. The summed E-state index contributed by atoms with van der Waals surface area (Å²) in [5.41, 5.74) is 6.43. The average molecular weight is 266 g/mol. The van der Waals surface area contributed by atoms with E-state index in [1.807, 2.05) is 24.3 Å². The molecule has 1 aromatic carbocycles. The van der Waals surface area contributed by atoms with Gasteiger partial charge in [0.2, 0.25) is 0 Å². The second-order valence-corrected chi connectivity index (χ2v) is 3.58. The second-order valence-electron chi connectivity index (χ2n) is 2.78. The van der Waals surface area contributed by atoms with Crippen molar-refractivity contribution in [2.24, 2.45) is 5.73 Å². The van der Waals surface area contributed by atoms with Crippen LogP contribution in [-0.4, -0.2) is 39.4 Å². The van der Waals surface area contributed by atoms with Gasteiger partial charge in [-0.15, -0.1) is 0 Å². The molecule has 0 aliphatic heterocycles. The third kappa shape index (κ3) is 10.1. The first-order chi connectivity index (χ1) is 7.47. The summed E-state index contributed by atoms with van der Waals surface area (Å²) in [6.45, 7) is 2.06. The van der Waals surface area contributed by atoms with Crippen molar-refractivity contribution in [1.82, 2.24) is 0 Å². The van der Waals surface area contributed by atoms with Gasteiger partial charge in [0.15, 0.2) is 0 Å². The molecule has 0 atom stereocenters. The van der Waals surface area contributed by atoms with Crippen LogP contribution in [0.3, 0.4) is 0 Å². The van der Waals surface area contributed by atoms with Crippen LogP contribution in [0.5, 0.6) is 0 Å². The molecule has 0 saturated carbocycles. The Morgan fingerprint density at radius 3 is 2.18 bits per heavy atom. The normalized spacial score (nSPS) is 8.06. The van der Waals surface area contributed by atoms with Gasteiger partial charge in [-0.1, -0.05) is 25.1 Å². The molecule has 4 nitrogen and oxygen atoms in total. The molecule has 0 fully saturated rings. The van der Waals surface area contributed by atoms with Crippen molar-refractivity contribution in [3.63, 3.8) is 0 Å². The van der Waals surface area contributed by atoms with Gasteiger partial charge in [0.25, 0.3) is 10.3 Å². The van der Waals surface area contributed by atoms with Crippen molar-refractivity contribution in [1.29, 1.82) is 0 Å². The average Bonchev–Trinajstić information content (AvgIpc) is 2.17. The van der Waals surface area contributed by atoms with Crippen LogP contribution in [-0.2, 0) is 6.42 Å². The Hall–Kier alpha value is -0.803. The summed E-state index contributed by atoms with van der Waals surface area (Å²) in [5.74, 6) is 0. The molecule has 7 heteroatoms. The number of rotatable bonds is 2. The third-order valence-corrected chi connectivity index (χ3v) is 1.74. The van der Waals surface area contributed by atoms with Gasteiger partial charge in [0.1, 0.15) is 0 Å². The third-order valence-electron chi connectivity index (χ3n) is 1.64. The van der Waals surface area contributed by atoms with Crippen LogP contribution in [0.2, 0.25) is 0 Å². The summed E-state index contributed by atoms with van der Waals surface area (Å²) < 4.78 is 0. The van der Waals surface area contributed by atoms with Gasteiger partial charge in [0, 0.05) is 5.69 Å². The zero-order chi connectivity index (χ0) is 12.6. The molecule has 1 rings (SSSR count). The number of thiocarbonyl (C=S) groups is 2. The molecule has 0 radical (unpaired) electrons. The maximum atomic E-state index is 8.85. The van der Waals surface area contributed by atoms with Crippen molar-refractivity contribution in [2.45, 2.75) is 13.3 Å². The summed E-state index contributed by atoms with van der Waals surface area (Å²) in [5, 5.41) is 18.4. The van der Waals surface area contributed by atoms with Gasteiger partial charge in [-0.2, -0.15) is 0 Å². The van der Waals surface area contributed by atoms with E-state index < -0.39 is 5.17 Å². The number of aliphatic hydroxyl groups excluding tert-OH is 2. The molecule has 0 spiro atoms. The van der Waals surface area contributed by atoms with Crippen LogP contribution < -0.4 is 11.1 Å². The SMILES string of the molecule is CCc1ccccc1NC(O)=S.NC(O)=S.[LiH]. The number of nitrogens with one attached hydrogen (secondary N) is 1. The minimum atomic E-state index is -0.500. The van der Waals surface area contributed by atoms with E-state index in [-0.39, 0.29) is 24.0 Å². The van der Waals surface area contributed by atoms with Gasteiger partial charge in [-0.25, -0.2) is 0 Å². The molecule has 0 aliphatic carbocycles. The van der Waals surface area contributed by atoms with E-state index in [4.69, 9.17) is 10.2 Å². The van der Waals surface area contributed by atoms with E-state index in [0.29, 0.717) is 0 Å². The van der Waals surface area contributed by atoms with E-state index in [2.05, 4.69) is 42.4 Å². The molecule has 0 saturated heterocycles. The van der Waals surface area contributed by atoms with Crippen molar-refractivity contribution >= 4 is 59.3 Å². The fourth-order valence-corrected chi connectivity index (χ4v) is 1.18. The van der Waals surface area contributed by atoms with Crippen LogP contribution in [0.4, 0.5) is 5.69 Å². The van der Waals surface area contributed by atoms with E-state index >= 15 is 0 Å². The zero-order valence-corrected chi connectivity index (χ0v) is 10.4. The fraction of sp³-hybridized carbons (Fsp3) is 0.200. The van der Waals surface area contributed by atoms with Crippen molar-refractivity contribution < 1.29 is 10.2 Å². The molecule has 1 aromatic rings. The number of benzene rings is 1. The summed E-state index contributed by atoms with van der Waals surface area (Å²) in [6, 6.07) is 7.76. The first-order valence-electron chi connectivity index (χ1n) is 4.53. The Balaban J connectivity index is 0. The Morgan fingerprint density at radius 2 is 1.76 bits per heavy atom. The van der Waals surface area contributed by atoms with Gasteiger partial charge >= 0.3 is 18.9 Å². The van der Waals surface area contributed by atoms with Crippen LogP contribution in [0.25, 0.3) is 0 Å². The van der Waals surface area contributed by atoms with Gasteiger partial charge in [-0.3, -0.25) is 0 Å². The number of nitrogens with two attached hydrogens (primary N) is 1. The van der Waals surface area contributed by atoms with E-state index in [1.54, 1.807) is 0 Å². The minimum absolute atomic E-state index is 0. The van der Waals surface area contributed by atoms with E-state index in [9.17, 15) is 0 Å². The molecule has 0 bridgehead atoms. The molecule has 0 unspecified atom stereocenters. The Bertz CT molecular complexity index is 371. The van der Waals surface area contributed by atoms with Gasteiger partial charge < -0.3 is 21.3 Å². The van der Waals surface area contributed by atoms with Crippen LogP contribution in [0.1, 0.15) is 12.5 Å². The van der Waals surface area contributed by atoms with Crippen molar-refractivity contribution in [3.05, 3.63) is 29.8 Å². The van der Waals surface area contributed by atoms with Crippen LogP contribution in [0.15, 0.2) is 24.3 Å². The number of aliphatic hydroxyl groups is 2. The Labute approximate surface area is 123 Å². The zero-order valence-electron chi connectivity index (χ0n) is 8.80. The molecule has 0 heterocycles. The monoisotopic (exact) mass is 266 g/mol. The standard InChI is InChI=1S/C9H11NOS.CH3NOS.Li.H/c1-2-7-5-3-4-6-8(7)10-9(11)12;2-1(3)4;;/h3-6H,2H2,1H3,(H2,10,11,12);(H3,2,3,4);;. The van der Waals surface area contributed by atoms with Crippen molar-refractivity contribution in [2.75, 3.05) is 5.32 Å². The quantitative estimate of drug-likeness (QED) is 0.481. The number of para-hydroxylation sites is 1. The number of anilines is 1. The second kappa shape index (κ2) is 10.4. The maximum absolute atomic E-state index is 8.85. The molecule has 17 heavy (non-hydrogen) atoms. The first-order valence-corrected chi connectivity index (χ1v) is 5.35. The topological polar surface area (TPSA) is 78.5 Å². The number of hydrogen-bond donors (Lipinski definition) is 4. The Morgan fingerprint density at radius 1 is 1.29 bits per heavy atom. The fourth-order valence-electron chi connectivity index (χ4n) is 1.07. The predicted molar refractivity (Wildman–Crippen MR) is 81.2 cm³/mol. The summed E-state index contributed by atoms with van der Waals surface area (Å²) in [7, 11) is 0. The molecule has 0 amide bonds. The van der Waals surface area contributed by atoms with E-state index in [0.717, 1.165) is 17.7 Å². The summed E-state index contributed by atoms with van der Waals surface area (Å²) >= 11 is 8.40. The molecule has 5 N–H and O–H groups in total. The van der Waals surface area contributed by atoms with Crippen LogP contribution in [0, 0.1) is 0 Å². The summed E-state index contributed by atoms with van der Waals surface area (Å²) in [4.78, 5) is 0. The predicted octanol–water partition coefficient (Wildman–Crippen LogP) is 1.64. The van der Waals surface area contributed by atoms with Gasteiger partial charge in [0.05, 0.1) is 0 Å². The molecular formula is C10H15LiN2O2S2. The van der Waals surface area contributed by atoms with Crippen LogP contribution >= 0.6 is 24.4 Å². The summed E-state index contributed by atoms with van der Waals surface area (Å²) in [6.07, 6.45) is 0.922. The first kappa shape index (κ1) is 18.6.